The molecule has 0 aliphatic rings. The molecule has 3 aromatic carbocycles. The second-order valence-corrected chi connectivity index (χ2v) is 9.16. The van der Waals surface area contributed by atoms with E-state index in [-0.39, 0.29) is 54.7 Å². The summed E-state index contributed by atoms with van der Waals surface area (Å²) < 4.78 is 32.2. The van der Waals surface area contributed by atoms with E-state index in [0.29, 0.717) is 35.8 Å². The Balaban J connectivity index is -0.000000171. The van der Waals surface area contributed by atoms with E-state index in [9.17, 15) is 0 Å². The number of nitriles is 1. The van der Waals surface area contributed by atoms with Crippen LogP contribution < -0.4 is 58.7 Å². The van der Waals surface area contributed by atoms with Gasteiger partial charge in [0.2, 0.25) is 5.69 Å². The number of nitrogens with two attached hydrogens (primary N) is 2. The number of hydrogen-bond donors (Lipinski definition) is 2. The van der Waals surface area contributed by atoms with E-state index in [2.05, 4.69) is 36.7 Å². The predicted molar refractivity (Wildman–Crippen MR) is 177 cm³/mol. The standard InChI is InChI=1S/C10H8N2O2.C10H16N2O2.C8H8Br2O2.CN.Al.Cu.Li.4H/c1-12-8-5-9(13-2)7(6-11)4-10(8)14-3;1-13-9-3-8(6-12)10(14-2)4-7(9)5-11;1-11-7-3-6(10)8(12-2)4-5(7)9;1-2;;;;;;;/h4-5H,2-3H3;3-4H,5-6,11-12H2,1-2H3;3-4H,1-2H3;;;;;;;;/q;;;-1;;2*+1;;;;-1. The van der Waals surface area contributed by atoms with Gasteiger partial charge in [-0.2, -0.15) is 5.26 Å². The van der Waals surface area contributed by atoms with Crippen molar-refractivity contribution in [3.8, 4) is 40.6 Å². The molecule has 242 valence electrons. The van der Waals surface area contributed by atoms with Crippen LogP contribution in [0.15, 0.2) is 45.3 Å². The first-order valence-electron chi connectivity index (χ1n) is 11.7. The molecule has 0 aromatic heterocycles. The number of ether oxygens (including phenoxy) is 6. The quantitative estimate of drug-likeness (QED) is 0.255. The summed E-state index contributed by atoms with van der Waals surface area (Å²) in [4.78, 5) is 3.26. The molecule has 0 heterocycles. The van der Waals surface area contributed by atoms with Crippen LogP contribution in [0.1, 0.15) is 18.1 Å². The van der Waals surface area contributed by atoms with Gasteiger partial charge in [-0.1, -0.05) is 0 Å². The van der Waals surface area contributed by atoms with Crippen molar-refractivity contribution in [2.75, 3.05) is 42.7 Å². The molecule has 0 aliphatic carbocycles. The summed E-state index contributed by atoms with van der Waals surface area (Å²) in [7, 11) is 9.38. The second-order valence-electron chi connectivity index (χ2n) is 7.45. The molecular weight excluding hydrogens is 772 g/mol. The molecule has 11 nitrogen and oxygen atoms in total. The van der Waals surface area contributed by atoms with Crippen LogP contribution in [0.4, 0.5) is 5.69 Å². The molecule has 0 amide bonds. The molecular formula is C29H36AlBr2CuLiN5O6. The van der Waals surface area contributed by atoms with Gasteiger partial charge < -0.3 is 53.1 Å². The van der Waals surface area contributed by atoms with Crippen molar-refractivity contribution >= 4 is 54.9 Å². The number of nitrogens with zero attached hydrogens (tertiary/aromatic N) is 3. The molecule has 16 heteroatoms. The van der Waals surface area contributed by atoms with Gasteiger partial charge in [0.15, 0.2) is 17.4 Å². The zero-order chi connectivity index (χ0) is 32.2. The monoisotopic (exact) mass is 805 g/mol. The number of halogens is 2. The fourth-order valence-corrected chi connectivity index (χ4v) is 4.19. The van der Waals surface area contributed by atoms with E-state index in [4.69, 9.17) is 63.6 Å². The number of benzene rings is 3. The molecule has 45 heavy (non-hydrogen) atoms. The molecule has 4 N–H and O–H groups in total. The fraction of sp³-hybridized carbons (Fsp3) is 0.276. The number of methoxy groups -OCH3 is 6. The topological polar surface area (TPSA) is 159 Å². The predicted octanol–water partition coefficient (Wildman–Crippen LogP) is 2.00. The summed E-state index contributed by atoms with van der Waals surface area (Å²) in [5.74, 6) is 3.85. The third-order valence-electron chi connectivity index (χ3n) is 5.29. The molecule has 0 bridgehead atoms. The summed E-state index contributed by atoms with van der Waals surface area (Å²) in [6, 6.07) is 12.4. The van der Waals surface area contributed by atoms with Gasteiger partial charge in [0, 0.05) is 24.2 Å². The van der Waals surface area contributed by atoms with Crippen LogP contribution in [0, 0.1) is 29.7 Å². The van der Waals surface area contributed by atoms with Gasteiger partial charge in [-0.15, -0.1) is 0 Å². The SMILES string of the molecule is COc1cc(Br)c(OC)cc1Br.COc1cc(CN)c(OC)cc1CN.[AlH3].[C-]#N.[C-]#[N+]c1cc(OC)c(C#N)cc1OC.[Cu+].[H-].[Li+]. The van der Waals surface area contributed by atoms with Gasteiger partial charge in [-0.25, -0.2) is 4.85 Å². The Morgan fingerprint density at radius 3 is 1.31 bits per heavy atom. The molecule has 0 saturated heterocycles. The third kappa shape index (κ3) is 15.1. The average Bonchev–Trinajstić information content (AvgIpc) is 3.05. The minimum absolute atomic E-state index is 0. The maximum absolute atomic E-state index is 8.77. The minimum Gasteiger partial charge on any atom is -1.00 e. The molecule has 0 saturated carbocycles. The molecule has 3 rings (SSSR count). The largest absolute Gasteiger partial charge is 1.00 e. The molecule has 0 fully saturated rings. The van der Waals surface area contributed by atoms with E-state index in [1.165, 1.54) is 26.4 Å². The van der Waals surface area contributed by atoms with E-state index < -0.39 is 0 Å². The molecule has 3 aromatic rings. The van der Waals surface area contributed by atoms with Gasteiger partial charge in [-0.05, 0) is 68.3 Å². The van der Waals surface area contributed by atoms with Crippen LogP contribution in [0.3, 0.4) is 0 Å². The third-order valence-corrected chi connectivity index (χ3v) is 6.53. The van der Waals surface area contributed by atoms with E-state index in [0.717, 1.165) is 43.1 Å². The Morgan fingerprint density at radius 2 is 1.04 bits per heavy atom. The Bertz CT molecular complexity index is 1300. The van der Waals surface area contributed by atoms with Gasteiger partial charge in [0.1, 0.15) is 40.6 Å². The van der Waals surface area contributed by atoms with Gasteiger partial charge in [0.25, 0.3) is 0 Å². The minimum atomic E-state index is 0. The maximum Gasteiger partial charge on any atom is 1.00 e. The van der Waals surface area contributed by atoms with Crippen LogP contribution in [0.5, 0.6) is 34.5 Å². The number of rotatable bonds is 8. The molecule has 0 unspecified atom stereocenters. The second kappa shape index (κ2) is 27.7. The van der Waals surface area contributed by atoms with Crippen molar-refractivity contribution in [3.63, 3.8) is 0 Å². The molecule has 0 atom stereocenters. The van der Waals surface area contributed by atoms with Crippen molar-refractivity contribution in [1.29, 1.82) is 10.5 Å². The van der Waals surface area contributed by atoms with Gasteiger partial charge in [0.05, 0.1) is 63.7 Å². The summed E-state index contributed by atoms with van der Waals surface area (Å²) in [5.41, 5.74) is 13.7. The van der Waals surface area contributed by atoms with Crippen LogP contribution in [-0.4, -0.2) is 60.0 Å². The Hall–Kier alpha value is -2.54. The van der Waals surface area contributed by atoms with Crippen molar-refractivity contribution < 1.29 is 65.8 Å². The zero-order valence-corrected chi connectivity index (χ0v) is 29.5. The van der Waals surface area contributed by atoms with E-state index >= 15 is 0 Å². The van der Waals surface area contributed by atoms with Crippen LogP contribution in [-0.2, 0) is 30.2 Å². The van der Waals surface area contributed by atoms with Crippen molar-refractivity contribution in [3.05, 3.63) is 80.0 Å². The van der Waals surface area contributed by atoms with Gasteiger partial charge >= 0.3 is 35.9 Å². The van der Waals surface area contributed by atoms with Crippen molar-refractivity contribution in [2.24, 2.45) is 11.5 Å². The summed E-state index contributed by atoms with van der Waals surface area (Å²) in [6.07, 6.45) is 0. The Labute approximate surface area is 316 Å². The average molecular weight is 808 g/mol. The number of hydrogen-bond acceptors (Lipinski definition) is 10. The summed E-state index contributed by atoms with van der Waals surface area (Å²) in [5, 5.41) is 15.0. The van der Waals surface area contributed by atoms with E-state index in [1.807, 2.05) is 30.3 Å². The van der Waals surface area contributed by atoms with Crippen LogP contribution in [0.25, 0.3) is 4.85 Å². The Morgan fingerprint density at radius 1 is 0.689 bits per heavy atom. The van der Waals surface area contributed by atoms with Crippen LogP contribution >= 0.6 is 31.9 Å². The van der Waals surface area contributed by atoms with Crippen molar-refractivity contribution in [1.82, 2.24) is 0 Å². The normalized spacial score (nSPS) is 8.40. The summed E-state index contributed by atoms with van der Waals surface area (Å²) >= 11 is 6.71. The molecule has 0 radical (unpaired) electrons. The first-order chi connectivity index (χ1) is 20.2. The first-order valence-corrected chi connectivity index (χ1v) is 13.3. The van der Waals surface area contributed by atoms with Gasteiger partial charge in [-0.3, -0.25) is 0 Å². The van der Waals surface area contributed by atoms with Crippen molar-refractivity contribution in [2.45, 2.75) is 13.1 Å². The van der Waals surface area contributed by atoms with E-state index in [1.54, 1.807) is 28.4 Å². The first kappa shape index (κ1) is 49.3. The zero-order valence-electron chi connectivity index (χ0n) is 26.4. The fourth-order valence-electron chi connectivity index (χ4n) is 3.22. The maximum atomic E-state index is 8.77. The Kier molecular flexibility index (Phi) is 30.4. The van der Waals surface area contributed by atoms with Crippen LogP contribution in [0.2, 0.25) is 0 Å². The molecule has 0 aliphatic heterocycles. The molecule has 0 spiro atoms. The smallest absolute Gasteiger partial charge is 1.00 e. The summed E-state index contributed by atoms with van der Waals surface area (Å²) in [6.45, 7) is 12.5.